The normalized spacial score (nSPS) is 11.6. The molecule has 2 radical (unpaired) electrons. The molecule has 25 heavy (non-hydrogen) atoms. The average Bonchev–Trinajstić information content (AvgIpc) is 2.71. The van der Waals surface area contributed by atoms with E-state index in [0.717, 1.165) is 17.1 Å². The molecule has 0 atom stereocenters. The van der Waals surface area contributed by atoms with E-state index in [1.54, 1.807) is 12.4 Å². The van der Waals surface area contributed by atoms with E-state index in [1.165, 1.54) is 0 Å². The molecule has 0 saturated carbocycles. The largest absolute Gasteiger partial charge is 0.377 e. The Morgan fingerprint density at radius 2 is 1.64 bits per heavy atom. The first-order valence-electron chi connectivity index (χ1n) is 7.69. The fourth-order valence-corrected chi connectivity index (χ4v) is 2.13. The summed E-state index contributed by atoms with van der Waals surface area (Å²) in [6.07, 6.45) is 9.52. The van der Waals surface area contributed by atoms with Crippen LogP contribution in [0.2, 0.25) is 0 Å². The molecule has 3 nitrogen and oxygen atoms in total. The van der Waals surface area contributed by atoms with Crippen molar-refractivity contribution >= 4 is 13.2 Å². The summed E-state index contributed by atoms with van der Waals surface area (Å²) in [7, 11) is 1.97. The van der Waals surface area contributed by atoms with Gasteiger partial charge in [-0.1, -0.05) is 30.3 Å². The molecule has 3 aromatic rings. The molecule has 3 heterocycles. The SMILES string of the molecule is [B]1C=CC=CN1c1ccccn1.[Ir].[c-]1ccccc1-c1ccccn1. The molecular weight excluding hydrogens is 485 g/mol. The molecule has 124 valence electrons. The summed E-state index contributed by atoms with van der Waals surface area (Å²) in [5, 5.41) is 0. The van der Waals surface area contributed by atoms with Crippen LogP contribution in [0.1, 0.15) is 0 Å². The quantitative estimate of drug-likeness (QED) is 0.392. The van der Waals surface area contributed by atoms with Gasteiger partial charge in [-0.3, -0.25) is 0 Å². The number of benzene rings is 1. The van der Waals surface area contributed by atoms with Crippen LogP contribution in [0.25, 0.3) is 11.3 Å². The predicted molar refractivity (Wildman–Crippen MR) is 99.3 cm³/mol. The van der Waals surface area contributed by atoms with E-state index in [2.05, 4.69) is 16.0 Å². The van der Waals surface area contributed by atoms with Crippen molar-refractivity contribution in [1.29, 1.82) is 0 Å². The van der Waals surface area contributed by atoms with E-state index < -0.39 is 0 Å². The average molecular weight is 501 g/mol. The zero-order valence-electron chi connectivity index (χ0n) is 13.5. The number of hydrogen-bond acceptors (Lipinski definition) is 3. The van der Waals surface area contributed by atoms with Crippen molar-refractivity contribution in [2.45, 2.75) is 0 Å². The summed E-state index contributed by atoms with van der Waals surface area (Å²) < 4.78 is 0. The van der Waals surface area contributed by atoms with Crippen molar-refractivity contribution in [3.05, 3.63) is 103 Å². The van der Waals surface area contributed by atoms with E-state index in [-0.39, 0.29) is 20.1 Å². The van der Waals surface area contributed by atoms with Crippen LogP contribution in [0.3, 0.4) is 0 Å². The summed E-state index contributed by atoms with van der Waals surface area (Å²) in [6, 6.07) is 22.7. The fourth-order valence-electron chi connectivity index (χ4n) is 2.13. The fraction of sp³-hybridized carbons (Fsp3) is 0. The summed E-state index contributed by atoms with van der Waals surface area (Å²) in [4.78, 5) is 10.4. The molecule has 0 spiro atoms. The first-order chi connectivity index (χ1) is 11.9. The summed E-state index contributed by atoms with van der Waals surface area (Å²) in [5.74, 6) is 2.92. The third kappa shape index (κ3) is 5.82. The van der Waals surface area contributed by atoms with E-state index >= 15 is 0 Å². The van der Waals surface area contributed by atoms with Crippen LogP contribution in [0.5, 0.6) is 0 Å². The number of allylic oxidation sites excluding steroid dienone is 2. The predicted octanol–water partition coefficient (Wildman–Crippen LogP) is 4.09. The van der Waals surface area contributed by atoms with Crippen LogP contribution in [0, 0.1) is 6.07 Å². The molecule has 0 N–H and O–H groups in total. The van der Waals surface area contributed by atoms with Crippen LogP contribution in [-0.2, 0) is 20.1 Å². The topological polar surface area (TPSA) is 29.0 Å². The smallest absolute Gasteiger partial charge is 0.284 e. The summed E-state index contributed by atoms with van der Waals surface area (Å²) in [6.45, 7) is 0. The monoisotopic (exact) mass is 502 g/mol. The number of nitrogens with zero attached hydrogens (tertiary/aromatic N) is 3. The van der Waals surface area contributed by atoms with Gasteiger partial charge in [0.05, 0.1) is 0 Å². The van der Waals surface area contributed by atoms with Gasteiger partial charge in [0.1, 0.15) is 5.82 Å². The zero-order chi connectivity index (χ0) is 16.5. The van der Waals surface area contributed by atoms with Gasteiger partial charge in [0.25, 0.3) is 7.41 Å². The molecule has 1 aliphatic heterocycles. The number of hydrogen-bond donors (Lipinski definition) is 0. The Morgan fingerprint density at radius 3 is 2.24 bits per heavy atom. The molecule has 2 aromatic heterocycles. The van der Waals surface area contributed by atoms with Crippen molar-refractivity contribution in [1.82, 2.24) is 9.97 Å². The third-order valence-electron chi connectivity index (χ3n) is 3.28. The number of rotatable bonds is 2. The van der Waals surface area contributed by atoms with Crippen LogP contribution < -0.4 is 4.81 Å². The second-order valence-corrected chi connectivity index (χ2v) is 4.96. The van der Waals surface area contributed by atoms with Gasteiger partial charge in [-0.25, -0.2) is 4.98 Å². The van der Waals surface area contributed by atoms with Crippen molar-refractivity contribution in [3.8, 4) is 11.3 Å². The minimum absolute atomic E-state index is 0. The molecule has 0 fully saturated rings. The molecule has 0 saturated heterocycles. The Hall–Kier alpha value is -2.49. The van der Waals surface area contributed by atoms with Crippen LogP contribution in [0.15, 0.2) is 97.4 Å². The number of pyridine rings is 2. The zero-order valence-corrected chi connectivity index (χ0v) is 15.9. The minimum atomic E-state index is 0. The molecule has 0 aliphatic carbocycles. The molecular formula is C20H16BIrN3-. The first kappa shape index (κ1) is 18.8. The molecule has 1 aromatic carbocycles. The van der Waals surface area contributed by atoms with E-state index in [0.29, 0.717) is 0 Å². The Morgan fingerprint density at radius 1 is 0.840 bits per heavy atom. The van der Waals surface area contributed by atoms with Crippen molar-refractivity contribution in [3.63, 3.8) is 0 Å². The molecule has 5 heteroatoms. The van der Waals surface area contributed by atoms with Gasteiger partial charge in [-0.15, -0.1) is 35.9 Å². The summed E-state index contributed by atoms with van der Waals surface area (Å²) in [5.41, 5.74) is 2.01. The van der Waals surface area contributed by atoms with Gasteiger partial charge in [0.15, 0.2) is 0 Å². The van der Waals surface area contributed by atoms with Crippen LogP contribution >= 0.6 is 0 Å². The van der Waals surface area contributed by atoms with Gasteiger partial charge in [0, 0.05) is 32.5 Å². The van der Waals surface area contributed by atoms with Gasteiger partial charge in [0.2, 0.25) is 0 Å². The maximum atomic E-state index is 4.22. The molecule has 0 amide bonds. The molecule has 4 rings (SSSR count). The first-order valence-corrected chi connectivity index (χ1v) is 7.69. The third-order valence-corrected chi connectivity index (χ3v) is 3.28. The van der Waals surface area contributed by atoms with Gasteiger partial charge < -0.3 is 9.79 Å². The second-order valence-electron chi connectivity index (χ2n) is 4.96. The van der Waals surface area contributed by atoms with Gasteiger partial charge >= 0.3 is 0 Å². The molecule has 0 unspecified atom stereocenters. The maximum absolute atomic E-state index is 4.22. The van der Waals surface area contributed by atoms with E-state index in [1.807, 2.05) is 97.2 Å². The Kier molecular flexibility index (Phi) is 7.84. The number of anilines is 1. The Labute approximate surface area is 162 Å². The molecule has 0 bridgehead atoms. The van der Waals surface area contributed by atoms with Gasteiger partial charge in [-0.05, 0) is 36.2 Å². The Balaban J connectivity index is 0.000000173. The van der Waals surface area contributed by atoms with Crippen LogP contribution in [-0.4, -0.2) is 17.4 Å². The number of aromatic nitrogens is 2. The standard InChI is InChI=1S/C11H8N.C9H8BN2.Ir/c1-2-6-10(7-3-1)11-8-4-5-9-12-11;1-3-7-11-9(5-1)12-8-4-2-6-10-12;/h1-6,8-9H;1-8H;/q-1;;. The van der Waals surface area contributed by atoms with Crippen LogP contribution in [0.4, 0.5) is 5.82 Å². The minimum Gasteiger partial charge on any atom is -0.377 e. The van der Waals surface area contributed by atoms with Gasteiger partial charge in [-0.2, -0.15) is 0 Å². The summed E-state index contributed by atoms with van der Waals surface area (Å²) >= 11 is 0. The van der Waals surface area contributed by atoms with E-state index in [4.69, 9.17) is 0 Å². The van der Waals surface area contributed by atoms with Crippen molar-refractivity contribution < 1.29 is 20.1 Å². The Bertz CT molecular complexity index is 755. The second kappa shape index (κ2) is 10.4. The van der Waals surface area contributed by atoms with E-state index in [9.17, 15) is 0 Å². The maximum Gasteiger partial charge on any atom is 0.284 e. The molecule has 1 aliphatic rings. The van der Waals surface area contributed by atoms with Crippen molar-refractivity contribution in [2.75, 3.05) is 4.81 Å². The van der Waals surface area contributed by atoms with Crippen molar-refractivity contribution in [2.24, 2.45) is 0 Å².